The van der Waals surface area contributed by atoms with Crippen LogP contribution >= 0.6 is 0 Å². The van der Waals surface area contributed by atoms with Gasteiger partial charge in [-0.2, -0.15) is 5.10 Å². The van der Waals surface area contributed by atoms with Crippen LogP contribution in [0.25, 0.3) is 21.7 Å². The molecule has 26 heavy (non-hydrogen) atoms. The van der Waals surface area contributed by atoms with E-state index in [1.54, 1.807) is 30.5 Å². The van der Waals surface area contributed by atoms with Crippen molar-refractivity contribution in [2.45, 2.75) is 0 Å². The van der Waals surface area contributed by atoms with E-state index in [1.165, 1.54) is 12.5 Å². The predicted molar refractivity (Wildman–Crippen MR) is 99.3 cm³/mol. The number of aromatic nitrogens is 1. The zero-order valence-corrected chi connectivity index (χ0v) is 13.5. The van der Waals surface area contributed by atoms with E-state index >= 15 is 0 Å². The fraction of sp³-hybridized carbons (Fsp3) is 0. The first-order valence-corrected chi connectivity index (χ1v) is 7.92. The monoisotopic (exact) mass is 343 g/mol. The lowest BCUT2D eigenvalue weighted by Crippen LogP contribution is -2.20. The molecule has 2 aromatic carbocycles. The molecular formula is C20H13N3O3. The van der Waals surface area contributed by atoms with E-state index in [0.717, 1.165) is 10.8 Å². The molecule has 4 aromatic rings. The van der Waals surface area contributed by atoms with Gasteiger partial charge < -0.3 is 4.42 Å². The number of carbonyl (C=O) groups excluding carboxylic acids is 1. The molecule has 0 aliphatic heterocycles. The topological polar surface area (TPSA) is 84.6 Å². The Morgan fingerprint density at radius 3 is 2.69 bits per heavy atom. The van der Waals surface area contributed by atoms with Gasteiger partial charge in [0, 0.05) is 11.6 Å². The molecule has 0 aliphatic rings. The third-order valence-corrected chi connectivity index (χ3v) is 3.97. The normalized spacial score (nSPS) is 11.2. The van der Waals surface area contributed by atoms with Crippen LogP contribution in [0.1, 0.15) is 16.1 Å². The molecule has 4 rings (SSSR count). The van der Waals surface area contributed by atoms with Gasteiger partial charge in [0.15, 0.2) is 0 Å². The largest absolute Gasteiger partial charge is 0.463 e. The van der Waals surface area contributed by atoms with Crippen LogP contribution in [0, 0.1) is 0 Å². The highest BCUT2D eigenvalue weighted by Crippen LogP contribution is 2.16. The molecule has 0 fully saturated rings. The molecule has 6 nitrogen and oxygen atoms in total. The van der Waals surface area contributed by atoms with Crippen molar-refractivity contribution in [2.24, 2.45) is 5.10 Å². The van der Waals surface area contributed by atoms with Gasteiger partial charge in [-0.25, -0.2) is 5.43 Å². The van der Waals surface area contributed by atoms with E-state index in [9.17, 15) is 9.59 Å². The lowest BCUT2D eigenvalue weighted by atomic mass is 10.1. The van der Waals surface area contributed by atoms with Gasteiger partial charge >= 0.3 is 0 Å². The zero-order chi connectivity index (χ0) is 17.9. The minimum atomic E-state index is -0.455. The van der Waals surface area contributed by atoms with Crippen LogP contribution in [0.2, 0.25) is 0 Å². The molecule has 2 heterocycles. The molecule has 2 aromatic heterocycles. The second-order valence-corrected chi connectivity index (χ2v) is 5.60. The third kappa shape index (κ3) is 2.84. The minimum absolute atomic E-state index is 0.215. The summed E-state index contributed by atoms with van der Waals surface area (Å²) in [6.07, 6.45) is 4.15. The molecule has 126 valence electrons. The molecule has 6 heteroatoms. The summed E-state index contributed by atoms with van der Waals surface area (Å²) in [6, 6.07) is 16.2. The van der Waals surface area contributed by atoms with Gasteiger partial charge in [-0.1, -0.05) is 36.4 Å². The van der Waals surface area contributed by atoms with Crippen molar-refractivity contribution in [2.75, 3.05) is 0 Å². The van der Waals surface area contributed by atoms with E-state index in [-0.39, 0.29) is 16.7 Å². The molecule has 0 bridgehead atoms. The van der Waals surface area contributed by atoms with Crippen molar-refractivity contribution in [1.29, 1.82) is 0 Å². The molecule has 0 atom stereocenters. The molecule has 1 amide bonds. The van der Waals surface area contributed by atoms with E-state index in [4.69, 9.17) is 4.42 Å². The lowest BCUT2D eigenvalue weighted by Gasteiger charge is -2.03. The van der Waals surface area contributed by atoms with Gasteiger partial charge in [0.2, 0.25) is 5.43 Å². The average Bonchev–Trinajstić information content (AvgIpc) is 2.69. The average molecular weight is 343 g/mol. The molecule has 0 saturated heterocycles. The zero-order valence-electron chi connectivity index (χ0n) is 13.5. The molecule has 1 N–H and O–H groups in total. The second-order valence-electron chi connectivity index (χ2n) is 5.60. The number of hydrogen-bond donors (Lipinski definition) is 1. The van der Waals surface area contributed by atoms with Crippen LogP contribution in [-0.2, 0) is 0 Å². The Kier molecular flexibility index (Phi) is 3.99. The van der Waals surface area contributed by atoms with Crippen molar-refractivity contribution in [3.8, 4) is 0 Å². The second kappa shape index (κ2) is 6.60. The Morgan fingerprint density at radius 2 is 1.81 bits per heavy atom. The Hall–Kier alpha value is -3.80. The first-order chi connectivity index (χ1) is 12.7. The molecule has 0 aliphatic carbocycles. The number of nitrogens with one attached hydrogen (secondary N) is 1. The number of carbonyl (C=O) groups is 1. The van der Waals surface area contributed by atoms with Crippen molar-refractivity contribution in [1.82, 2.24) is 10.4 Å². The Bertz CT molecular complexity index is 1210. The predicted octanol–water partition coefficient (Wildman–Crippen LogP) is 3.11. The van der Waals surface area contributed by atoms with Crippen molar-refractivity contribution in [3.05, 3.63) is 88.5 Å². The first-order valence-electron chi connectivity index (χ1n) is 7.92. The van der Waals surface area contributed by atoms with Crippen LogP contribution in [0.3, 0.4) is 0 Å². The number of rotatable bonds is 3. The number of nitrogens with zero attached hydrogens (tertiary/aromatic N) is 2. The summed E-state index contributed by atoms with van der Waals surface area (Å²) >= 11 is 0. The van der Waals surface area contributed by atoms with E-state index in [2.05, 4.69) is 15.5 Å². The van der Waals surface area contributed by atoms with E-state index in [1.807, 2.05) is 30.3 Å². The molecule has 0 radical (unpaired) electrons. The number of hydrazone groups is 1. The molecule has 0 unspecified atom stereocenters. The highest BCUT2D eigenvalue weighted by Gasteiger charge is 2.10. The van der Waals surface area contributed by atoms with Gasteiger partial charge in [0.05, 0.1) is 17.2 Å². The maximum Gasteiger partial charge on any atom is 0.290 e. The van der Waals surface area contributed by atoms with Crippen LogP contribution in [0.4, 0.5) is 0 Å². The maximum absolute atomic E-state index is 12.4. The van der Waals surface area contributed by atoms with Crippen LogP contribution in [0.15, 0.2) is 81.4 Å². The van der Waals surface area contributed by atoms with Crippen LogP contribution < -0.4 is 10.9 Å². The number of hydrogen-bond acceptors (Lipinski definition) is 5. The van der Waals surface area contributed by atoms with Crippen LogP contribution in [0.5, 0.6) is 0 Å². The van der Waals surface area contributed by atoms with Gasteiger partial charge in [0.1, 0.15) is 17.5 Å². The number of fused-ring (bicyclic) bond motifs is 2. The van der Waals surface area contributed by atoms with Crippen molar-refractivity contribution in [3.63, 3.8) is 0 Å². The smallest absolute Gasteiger partial charge is 0.290 e. The fourth-order valence-electron chi connectivity index (χ4n) is 2.70. The molecular weight excluding hydrogens is 330 g/mol. The summed E-state index contributed by atoms with van der Waals surface area (Å²) in [6.45, 7) is 0. The first kappa shape index (κ1) is 15.7. The summed E-state index contributed by atoms with van der Waals surface area (Å²) < 4.78 is 5.41. The number of pyridine rings is 1. The highest BCUT2D eigenvalue weighted by atomic mass is 16.3. The Balaban J connectivity index is 1.60. The number of para-hydroxylation sites is 1. The summed E-state index contributed by atoms with van der Waals surface area (Å²) in [5.74, 6) is -0.455. The highest BCUT2D eigenvalue weighted by molar-refractivity contribution is 6.05. The SMILES string of the molecule is O=C(N/N=C/c1coc2ccccc2c1=O)c1nccc2ccccc12. The Morgan fingerprint density at radius 1 is 1.04 bits per heavy atom. The number of amides is 1. The van der Waals surface area contributed by atoms with Gasteiger partial charge in [-0.05, 0) is 23.6 Å². The van der Waals surface area contributed by atoms with E-state index < -0.39 is 5.91 Å². The van der Waals surface area contributed by atoms with Gasteiger partial charge in [-0.15, -0.1) is 0 Å². The summed E-state index contributed by atoms with van der Waals surface area (Å²) in [7, 11) is 0. The van der Waals surface area contributed by atoms with Crippen LogP contribution in [-0.4, -0.2) is 17.1 Å². The lowest BCUT2D eigenvalue weighted by molar-refractivity contribution is 0.0952. The fourth-order valence-corrected chi connectivity index (χ4v) is 2.70. The quantitative estimate of drug-likeness (QED) is 0.457. The van der Waals surface area contributed by atoms with E-state index in [0.29, 0.717) is 11.0 Å². The van der Waals surface area contributed by atoms with Crippen molar-refractivity contribution >= 4 is 33.9 Å². The molecule has 0 saturated carbocycles. The third-order valence-electron chi connectivity index (χ3n) is 3.97. The summed E-state index contributed by atoms with van der Waals surface area (Å²) in [4.78, 5) is 28.9. The molecule has 0 spiro atoms. The number of benzene rings is 2. The minimum Gasteiger partial charge on any atom is -0.463 e. The van der Waals surface area contributed by atoms with Gasteiger partial charge in [-0.3, -0.25) is 14.6 Å². The maximum atomic E-state index is 12.4. The summed E-state index contributed by atoms with van der Waals surface area (Å²) in [5.41, 5.74) is 3.20. The Labute approximate surface area is 147 Å². The summed E-state index contributed by atoms with van der Waals surface area (Å²) in [5, 5.41) is 5.96. The van der Waals surface area contributed by atoms with Gasteiger partial charge in [0.25, 0.3) is 5.91 Å². The van der Waals surface area contributed by atoms with Crippen molar-refractivity contribution < 1.29 is 9.21 Å². The standard InChI is InChI=1S/C20H13N3O3/c24-19-14(12-26-17-8-4-3-7-16(17)19)11-22-23-20(25)18-15-6-2-1-5-13(15)9-10-21-18/h1-12H,(H,23,25)/b22-11+.